The number of likely N-dealkylation sites (N-methyl/N-ethyl adjacent to an activating group) is 2. The van der Waals surface area contributed by atoms with Gasteiger partial charge in [-0.2, -0.15) is 0 Å². The van der Waals surface area contributed by atoms with Crippen molar-refractivity contribution < 1.29 is 4.39 Å². The molecule has 0 amide bonds. The fraction of sp³-hybridized carbons (Fsp3) is 0.375. The quantitative estimate of drug-likeness (QED) is 0.585. The van der Waals surface area contributed by atoms with Crippen LogP contribution in [0.4, 0.5) is 10.2 Å². The first-order valence-electron chi connectivity index (χ1n) is 10.6. The Kier molecular flexibility index (Phi) is 6.53. The number of pyridine rings is 1. The van der Waals surface area contributed by atoms with Gasteiger partial charge >= 0.3 is 0 Å². The Labute approximate surface area is 183 Å². The van der Waals surface area contributed by atoms with E-state index in [-0.39, 0.29) is 5.82 Å². The van der Waals surface area contributed by atoms with E-state index in [0.29, 0.717) is 0 Å². The van der Waals surface area contributed by atoms with Gasteiger partial charge in [-0.05, 0) is 43.9 Å². The van der Waals surface area contributed by atoms with Crippen LogP contribution in [0.1, 0.15) is 16.8 Å². The molecule has 31 heavy (non-hydrogen) atoms. The number of hydrogen-bond donors (Lipinski definition) is 0. The third-order valence-electron chi connectivity index (χ3n) is 5.60. The van der Waals surface area contributed by atoms with Crippen LogP contribution in [0.5, 0.6) is 0 Å². The van der Waals surface area contributed by atoms with Gasteiger partial charge in [0.1, 0.15) is 11.6 Å². The van der Waals surface area contributed by atoms with E-state index in [9.17, 15) is 4.39 Å². The molecule has 0 spiro atoms. The number of halogens is 1. The molecular weight excluding hydrogens is 391 g/mol. The summed E-state index contributed by atoms with van der Waals surface area (Å²) in [4.78, 5) is 20.9. The number of nitrogens with zero attached hydrogens (tertiary/aromatic N) is 6. The van der Waals surface area contributed by atoms with Gasteiger partial charge in [0.2, 0.25) is 0 Å². The smallest absolute Gasteiger partial charge is 0.163 e. The van der Waals surface area contributed by atoms with Gasteiger partial charge in [-0.3, -0.25) is 9.88 Å². The molecule has 162 valence electrons. The predicted molar refractivity (Wildman–Crippen MR) is 121 cm³/mol. The molecular formula is C24H29FN6. The summed E-state index contributed by atoms with van der Waals surface area (Å²) in [6, 6.07) is 10.7. The van der Waals surface area contributed by atoms with Crippen molar-refractivity contribution in [3.8, 4) is 11.4 Å². The highest BCUT2D eigenvalue weighted by atomic mass is 19.1. The molecule has 0 saturated heterocycles. The van der Waals surface area contributed by atoms with Crippen LogP contribution in [0.15, 0.2) is 48.8 Å². The van der Waals surface area contributed by atoms with Crippen molar-refractivity contribution in [1.82, 2.24) is 24.8 Å². The highest BCUT2D eigenvalue weighted by molar-refractivity contribution is 5.60. The van der Waals surface area contributed by atoms with E-state index in [2.05, 4.69) is 40.8 Å². The fourth-order valence-electron chi connectivity index (χ4n) is 3.83. The average Bonchev–Trinajstić information content (AvgIpc) is 2.79. The van der Waals surface area contributed by atoms with E-state index < -0.39 is 0 Å². The highest BCUT2D eigenvalue weighted by Crippen LogP contribution is 2.29. The highest BCUT2D eigenvalue weighted by Gasteiger charge is 2.25. The number of anilines is 1. The SMILES string of the molecule is CN(C)CCN(C)c1nc(-c2cccnc2)nc2c1CN(Cc1ccc(F)cc1)CC2. The molecule has 0 N–H and O–H groups in total. The minimum atomic E-state index is -0.200. The first-order chi connectivity index (χ1) is 15.0. The van der Waals surface area contributed by atoms with Crippen molar-refractivity contribution in [3.05, 3.63) is 71.4 Å². The van der Waals surface area contributed by atoms with Gasteiger partial charge in [0.05, 0.1) is 5.69 Å². The minimum Gasteiger partial charge on any atom is -0.358 e. The monoisotopic (exact) mass is 420 g/mol. The summed E-state index contributed by atoms with van der Waals surface area (Å²) in [5.74, 6) is 1.51. The van der Waals surface area contributed by atoms with Crippen LogP contribution in [0, 0.1) is 5.82 Å². The maximum atomic E-state index is 13.3. The standard InChI is InChI=1S/C24H29FN6/c1-29(2)13-14-30(3)24-21-17-31(16-18-6-8-20(25)9-7-18)12-10-22(21)27-23(28-24)19-5-4-11-26-15-19/h4-9,11,15H,10,12-14,16-17H2,1-3H3. The van der Waals surface area contributed by atoms with Crippen molar-refractivity contribution in [2.75, 3.05) is 45.7 Å². The van der Waals surface area contributed by atoms with E-state index in [1.807, 2.05) is 30.5 Å². The summed E-state index contributed by atoms with van der Waals surface area (Å²) in [5.41, 5.74) is 4.33. The van der Waals surface area contributed by atoms with Crippen LogP contribution in [-0.2, 0) is 19.5 Å². The Bertz CT molecular complexity index is 1010. The zero-order valence-electron chi connectivity index (χ0n) is 18.4. The third kappa shape index (κ3) is 5.24. The Morgan fingerprint density at radius 2 is 1.84 bits per heavy atom. The van der Waals surface area contributed by atoms with Gasteiger partial charge in [-0.1, -0.05) is 12.1 Å². The molecule has 0 atom stereocenters. The summed E-state index contributed by atoms with van der Waals surface area (Å²) in [6.45, 7) is 4.29. The maximum Gasteiger partial charge on any atom is 0.163 e. The summed E-state index contributed by atoms with van der Waals surface area (Å²) >= 11 is 0. The van der Waals surface area contributed by atoms with Gasteiger partial charge < -0.3 is 9.80 Å². The van der Waals surface area contributed by atoms with Gasteiger partial charge in [-0.25, -0.2) is 14.4 Å². The molecule has 6 nitrogen and oxygen atoms in total. The first-order valence-corrected chi connectivity index (χ1v) is 10.6. The van der Waals surface area contributed by atoms with Crippen molar-refractivity contribution in [3.63, 3.8) is 0 Å². The Morgan fingerprint density at radius 1 is 1.03 bits per heavy atom. The molecule has 1 aromatic carbocycles. The molecule has 2 aromatic heterocycles. The predicted octanol–water partition coefficient (Wildman–Crippen LogP) is 3.23. The number of fused-ring (bicyclic) bond motifs is 1. The molecule has 0 aliphatic carbocycles. The molecule has 3 aromatic rings. The second-order valence-corrected chi connectivity index (χ2v) is 8.35. The van der Waals surface area contributed by atoms with Crippen LogP contribution in [0.25, 0.3) is 11.4 Å². The lowest BCUT2D eigenvalue weighted by Gasteiger charge is -2.32. The summed E-state index contributed by atoms with van der Waals surface area (Å²) in [7, 11) is 6.25. The number of hydrogen-bond acceptors (Lipinski definition) is 6. The molecule has 0 saturated carbocycles. The average molecular weight is 421 g/mol. The van der Waals surface area contributed by atoms with Crippen LogP contribution < -0.4 is 4.90 Å². The van der Waals surface area contributed by atoms with Crippen molar-refractivity contribution in [2.45, 2.75) is 19.5 Å². The van der Waals surface area contributed by atoms with Gasteiger partial charge in [0.25, 0.3) is 0 Å². The molecule has 4 rings (SSSR count). The lowest BCUT2D eigenvalue weighted by molar-refractivity contribution is 0.243. The first kappa shape index (κ1) is 21.3. The van der Waals surface area contributed by atoms with E-state index in [0.717, 1.165) is 67.6 Å². The molecule has 0 unspecified atom stereocenters. The van der Waals surface area contributed by atoms with E-state index in [4.69, 9.17) is 9.97 Å². The number of aromatic nitrogens is 3. The lowest BCUT2D eigenvalue weighted by atomic mass is 10.0. The summed E-state index contributed by atoms with van der Waals surface area (Å²) in [5, 5.41) is 0. The number of benzene rings is 1. The van der Waals surface area contributed by atoms with Crippen molar-refractivity contribution in [1.29, 1.82) is 0 Å². The van der Waals surface area contributed by atoms with E-state index in [1.165, 1.54) is 17.7 Å². The lowest BCUT2D eigenvalue weighted by Crippen LogP contribution is -2.35. The summed E-state index contributed by atoms with van der Waals surface area (Å²) < 4.78 is 13.3. The second kappa shape index (κ2) is 9.49. The van der Waals surface area contributed by atoms with E-state index >= 15 is 0 Å². The Hall–Kier alpha value is -2.90. The molecule has 0 radical (unpaired) electrons. The van der Waals surface area contributed by atoms with Gasteiger partial charge in [0.15, 0.2) is 5.82 Å². The fourth-order valence-corrected chi connectivity index (χ4v) is 3.83. The molecule has 0 bridgehead atoms. The van der Waals surface area contributed by atoms with Crippen LogP contribution in [-0.4, -0.2) is 65.5 Å². The number of rotatable bonds is 7. The molecule has 1 aliphatic rings. The maximum absolute atomic E-state index is 13.3. The molecule has 3 heterocycles. The van der Waals surface area contributed by atoms with Crippen LogP contribution in [0.2, 0.25) is 0 Å². The van der Waals surface area contributed by atoms with E-state index in [1.54, 1.807) is 6.20 Å². The molecule has 0 fully saturated rings. The van der Waals surface area contributed by atoms with Crippen molar-refractivity contribution >= 4 is 5.82 Å². The van der Waals surface area contributed by atoms with Gasteiger partial charge in [0, 0.05) is 69.7 Å². The van der Waals surface area contributed by atoms with Gasteiger partial charge in [-0.15, -0.1) is 0 Å². The van der Waals surface area contributed by atoms with Crippen LogP contribution >= 0.6 is 0 Å². The zero-order chi connectivity index (χ0) is 21.8. The van der Waals surface area contributed by atoms with Crippen LogP contribution in [0.3, 0.4) is 0 Å². The Balaban J connectivity index is 1.64. The largest absolute Gasteiger partial charge is 0.358 e. The molecule has 1 aliphatic heterocycles. The summed E-state index contributed by atoms with van der Waals surface area (Å²) in [6.07, 6.45) is 4.44. The second-order valence-electron chi connectivity index (χ2n) is 8.35. The topological polar surface area (TPSA) is 48.4 Å². The minimum absolute atomic E-state index is 0.200. The Morgan fingerprint density at radius 3 is 2.55 bits per heavy atom. The van der Waals surface area contributed by atoms with Crippen molar-refractivity contribution in [2.24, 2.45) is 0 Å². The molecule has 7 heteroatoms. The zero-order valence-corrected chi connectivity index (χ0v) is 18.4. The normalized spacial score (nSPS) is 14.0. The third-order valence-corrected chi connectivity index (χ3v) is 5.60.